The number of ketones is 2. The lowest BCUT2D eigenvalue weighted by atomic mass is 9.91. The fraction of sp³-hybridized carbons (Fsp3) is 0.267. The molecule has 4 nitrogen and oxygen atoms in total. The van der Waals surface area contributed by atoms with Crippen LogP contribution in [0.15, 0.2) is 11.4 Å². The average Bonchev–Trinajstić information content (AvgIpc) is 3.08. The van der Waals surface area contributed by atoms with Gasteiger partial charge in [0.2, 0.25) is 11.6 Å². The number of hydrogen-bond acceptors (Lipinski definition) is 6. The Morgan fingerprint density at radius 2 is 1.95 bits per heavy atom. The molecule has 0 amide bonds. The van der Waals surface area contributed by atoms with Gasteiger partial charge in [0.25, 0.3) is 0 Å². The molecule has 108 valence electrons. The molecule has 0 aromatic carbocycles. The van der Waals surface area contributed by atoms with E-state index in [2.05, 4.69) is 0 Å². The average molecular weight is 320 g/mol. The molecule has 0 saturated carbocycles. The van der Waals surface area contributed by atoms with Crippen LogP contribution in [0.25, 0.3) is 9.75 Å². The molecule has 0 saturated heterocycles. The van der Waals surface area contributed by atoms with Crippen LogP contribution in [0.2, 0.25) is 0 Å². The third kappa shape index (κ3) is 1.98. The van der Waals surface area contributed by atoms with Gasteiger partial charge in [0, 0.05) is 11.1 Å². The predicted octanol–water partition coefficient (Wildman–Crippen LogP) is 3.59. The number of ether oxygens (including phenoxy) is 1. The molecule has 0 bridgehead atoms. The van der Waals surface area contributed by atoms with Crippen LogP contribution in [0, 0.1) is 0 Å². The van der Waals surface area contributed by atoms with Crippen LogP contribution in [0.3, 0.4) is 0 Å². The minimum atomic E-state index is -0.514. The van der Waals surface area contributed by atoms with E-state index >= 15 is 0 Å². The molecule has 3 rings (SSSR count). The highest BCUT2D eigenvalue weighted by Gasteiger charge is 2.37. The number of carbonyl (C=O) groups excluding carboxylic acids is 3. The maximum atomic E-state index is 12.4. The van der Waals surface area contributed by atoms with E-state index in [0.29, 0.717) is 28.0 Å². The quantitative estimate of drug-likeness (QED) is 0.640. The van der Waals surface area contributed by atoms with Crippen LogP contribution in [-0.4, -0.2) is 24.1 Å². The Morgan fingerprint density at radius 3 is 2.62 bits per heavy atom. The molecule has 0 spiro atoms. The Bertz CT molecular complexity index is 767. The Balaban J connectivity index is 2.26. The monoisotopic (exact) mass is 320 g/mol. The molecule has 6 heteroatoms. The van der Waals surface area contributed by atoms with Gasteiger partial charge in [0.1, 0.15) is 4.88 Å². The van der Waals surface area contributed by atoms with Gasteiger partial charge < -0.3 is 4.74 Å². The lowest BCUT2D eigenvalue weighted by Crippen LogP contribution is -2.20. The van der Waals surface area contributed by atoms with Crippen LogP contribution in [0.4, 0.5) is 0 Å². The summed E-state index contributed by atoms with van der Waals surface area (Å²) in [4.78, 5) is 38.5. The van der Waals surface area contributed by atoms with Crippen molar-refractivity contribution in [1.82, 2.24) is 0 Å². The number of esters is 1. The van der Waals surface area contributed by atoms with Gasteiger partial charge in [-0.15, -0.1) is 22.7 Å². The highest BCUT2D eigenvalue weighted by atomic mass is 32.1. The molecule has 0 N–H and O–H groups in total. The SMILES string of the molecule is CCOC(=O)c1sc2c(c1CC)C(=O)C(=O)c1ccsc1-2. The molecular formula is C15H12O4S2. The van der Waals surface area contributed by atoms with E-state index < -0.39 is 17.5 Å². The zero-order chi connectivity index (χ0) is 15.1. The maximum absolute atomic E-state index is 12.4. The van der Waals surface area contributed by atoms with Crippen molar-refractivity contribution in [2.24, 2.45) is 0 Å². The molecule has 21 heavy (non-hydrogen) atoms. The molecule has 2 aromatic heterocycles. The third-order valence-electron chi connectivity index (χ3n) is 3.37. The topological polar surface area (TPSA) is 60.4 Å². The standard InChI is InChI=1S/C15H12O4S2/c1-3-7-9-11(17)10(16)8-5-6-20-12(8)14(9)21-13(7)15(18)19-4-2/h5-6H,3-4H2,1-2H3. The lowest BCUT2D eigenvalue weighted by molar-refractivity contribution is 0.0531. The van der Waals surface area contributed by atoms with E-state index in [1.807, 2.05) is 6.92 Å². The van der Waals surface area contributed by atoms with Gasteiger partial charge >= 0.3 is 5.97 Å². The van der Waals surface area contributed by atoms with Gasteiger partial charge in [-0.1, -0.05) is 6.92 Å². The first-order valence-corrected chi connectivity index (χ1v) is 8.29. The second-order valence-electron chi connectivity index (χ2n) is 4.51. The molecule has 0 aliphatic heterocycles. The maximum Gasteiger partial charge on any atom is 0.348 e. The van der Waals surface area contributed by atoms with E-state index in [0.717, 1.165) is 9.75 Å². The Morgan fingerprint density at radius 1 is 1.19 bits per heavy atom. The van der Waals surface area contributed by atoms with Crippen LogP contribution >= 0.6 is 22.7 Å². The Kier molecular flexibility index (Phi) is 3.51. The van der Waals surface area contributed by atoms with Crippen molar-refractivity contribution in [3.8, 4) is 9.75 Å². The van der Waals surface area contributed by atoms with Gasteiger partial charge in [-0.05, 0) is 30.4 Å². The van der Waals surface area contributed by atoms with Crippen molar-refractivity contribution in [3.63, 3.8) is 0 Å². The fourth-order valence-electron chi connectivity index (χ4n) is 2.46. The van der Waals surface area contributed by atoms with Gasteiger partial charge in [-0.3, -0.25) is 9.59 Å². The van der Waals surface area contributed by atoms with Crippen LogP contribution in [0.1, 0.15) is 49.8 Å². The van der Waals surface area contributed by atoms with Gasteiger partial charge in [0.05, 0.1) is 16.4 Å². The number of hydrogen-bond donors (Lipinski definition) is 0. The van der Waals surface area contributed by atoms with Crippen LogP contribution in [-0.2, 0) is 11.2 Å². The smallest absolute Gasteiger partial charge is 0.348 e. The van der Waals surface area contributed by atoms with Gasteiger partial charge in [-0.2, -0.15) is 0 Å². The van der Waals surface area contributed by atoms with E-state index in [1.54, 1.807) is 18.4 Å². The highest BCUT2D eigenvalue weighted by molar-refractivity contribution is 7.23. The van der Waals surface area contributed by atoms with Crippen LogP contribution < -0.4 is 0 Å². The first-order valence-electron chi connectivity index (χ1n) is 6.59. The summed E-state index contributed by atoms with van der Waals surface area (Å²) in [5.74, 6) is -1.42. The summed E-state index contributed by atoms with van der Waals surface area (Å²) >= 11 is 2.67. The summed E-state index contributed by atoms with van der Waals surface area (Å²) < 4.78 is 5.06. The van der Waals surface area contributed by atoms with E-state index in [4.69, 9.17) is 4.74 Å². The number of thiophene rings is 2. The minimum absolute atomic E-state index is 0.279. The second-order valence-corrected chi connectivity index (χ2v) is 6.45. The summed E-state index contributed by atoms with van der Waals surface area (Å²) in [5, 5.41) is 1.79. The zero-order valence-electron chi connectivity index (χ0n) is 11.5. The van der Waals surface area contributed by atoms with Crippen molar-refractivity contribution in [2.75, 3.05) is 6.61 Å². The fourth-order valence-corrected chi connectivity index (χ4v) is 4.81. The summed E-state index contributed by atoms with van der Waals surface area (Å²) in [6.45, 7) is 3.89. The van der Waals surface area contributed by atoms with Crippen molar-refractivity contribution in [2.45, 2.75) is 20.3 Å². The molecule has 0 unspecified atom stereocenters. The van der Waals surface area contributed by atoms with Crippen molar-refractivity contribution in [3.05, 3.63) is 33.0 Å². The van der Waals surface area contributed by atoms with Gasteiger partial charge in [0.15, 0.2) is 0 Å². The van der Waals surface area contributed by atoms with Crippen molar-refractivity contribution >= 4 is 40.2 Å². The first kappa shape index (κ1) is 14.2. The summed E-state index contributed by atoms with van der Waals surface area (Å²) in [7, 11) is 0. The summed E-state index contributed by atoms with van der Waals surface area (Å²) in [6, 6.07) is 1.67. The lowest BCUT2D eigenvalue weighted by Gasteiger charge is -2.11. The Labute approximate surface area is 129 Å². The van der Waals surface area contributed by atoms with E-state index in [-0.39, 0.29) is 6.61 Å². The number of Topliss-reactive ketones (excluding diaryl/α,β-unsaturated/α-hetero) is 2. The van der Waals surface area contributed by atoms with Gasteiger partial charge in [-0.25, -0.2) is 4.79 Å². The van der Waals surface area contributed by atoms with E-state index in [9.17, 15) is 14.4 Å². The highest BCUT2D eigenvalue weighted by Crippen LogP contribution is 2.45. The molecule has 2 heterocycles. The largest absolute Gasteiger partial charge is 0.462 e. The number of rotatable bonds is 3. The van der Waals surface area contributed by atoms with Crippen LogP contribution in [0.5, 0.6) is 0 Å². The third-order valence-corrected chi connectivity index (χ3v) is 5.66. The number of carbonyl (C=O) groups is 3. The zero-order valence-corrected chi connectivity index (χ0v) is 13.2. The summed E-state index contributed by atoms with van der Waals surface area (Å²) in [6.07, 6.45) is 0.514. The second kappa shape index (κ2) is 5.20. The summed E-state index contributed by atoms with van der Waals surface area (Å²) in [5.41, 5.74) is 1.47. The van der Waals surface area contributed by atoms with Crippen molar-refractivity contribution < 1.29 is 19.1 Å². The molecule has 1 aliphatic carbocycles. The normalized spacial score (nSPS) is 13.0. The molecule has 0 atom stereocenters. The molecule has 0 radical (unpaired) electrons. The Hall–Kier alpha value is -1.79. The van der Waals surface area contributed by atoms with E-state index in [1.165, 1.54) is 22.7 Å². The minimum Gasteiger partial charge on any atom is -0.462 e. The predicted molar refractivity (Wildman–Crippen MR) is 81.6 cm³/mol. The molecule has 1 aliphatic rings. The first-order chi connectivity index (χ1) is 10.1. The molecular weight excluding hydrogens is 308 g/mol. The number of fused-ring (bicyclic) bond motifs is 3. The molecule has 0 fully saturated rings. The van der Waals surface area contributed by atoms with Crippen molar-refractivity contribution in [1.29, 1.82) is 0 Å². The molecule has 2 aromatic rings.